The standard InChI is InChI=1S/C17H24N6O2/c1-10(2)15-18-11(3)8-14(20-15)23-7-6-17(9-23,21-12(4)24)16-19-13(5)25-22-16/h8,10H,6-7,9H2,1-5H3,(H,21,24). The second-order valence-corrected chi connectivity index (χ2v) is 6.95. The van der Waals surface area contributed by atoms with E-state index in [-0.39, 0.29) is 11.8 Å². The summed E-state index contributed by atoms with van der Waals surface area (Å²) in [7, 11) is 0. The maximum absolute atomic E-state index is 11.8. The maximum Gasteiger partial charge on any atom is 0.223 e. The Balaban J connectivity index is 1.93. The van der Waals surface area contributed by atoms with Gasteiger partial charge in [0.05, 0.1) is 0 Å². The van der Waals surface area contributed by atoms with Gasteiger partial charge in [-0.3, -0.25) is 4.79 Å². The fraction of sp³-hybridized carbons (Fsp3) is 0.588. The molecule has 0 aliphatic carbocycles. The highest BCUT2D eigenvalue weighted by atomic mass is 16.5. The van der Waals surface area contributed by atoms with Crippen molar-refractivity contribution in [1.82, 2.24) is 25.4 Å². The predicted octanol–water partition coefficient (Wildman–Crippen LogP) is 1.84. The molecule has 0 saturated carbocycles. The molecule has 134 valence electrons. The van der Waals surface area contributed by atoms with E-state index in [1.807, 2.05) is 13.0 Å². The predicted molar refractivity (Wildman–Crippen MR) is 92.2 cm³/mol. The molecule has 1 aliphatic rings. The number of aromatic nitrogens is 4. The van der Waals surface area contributed by atoms with Crippen LogP contribution in [0.1, 0.15) is 56.3 Å². The van der Waals surface area contributed by atoms with Gasteiger partial charge in [-0.2, -0.15) is 4.98 Å². The first kappa shape index (κ1) is 17.3. The van der Waals surface area contributed by atoms with Crippen LogP contribution in [0.15, 0.2) is 10.6 Å². The first-order valence-corrected chi connectivity index (χ1v) is 8.49. The minimum Gasteiger partial charge on any atom is -0.354 e. The lowest BCUT2D eigenvalue weighted by atomic mass is 9.97. The van der Waals surface area contributed by atoms with Crippen molar-refractivity contribution in [2.24, 2.45) is 0 Å². The number of nitrogens with zero attached hydrogens (tertiary/aromatic N) is 5. The van der Waals surface area contributed by atoms with E-state index in [1.54, 1.807) is 6.92 Å². The lowest BCUT2D eigenvalue weighted by Crippen LogP contribution is -2.48. The van der Waals surface area contributed by atoms with Crippen LogP contribution in [0.25, 0.3) is 0 Å². The Hall–Kier alpha value is -2.51. The second-order valence-electron chi connectivity index (χ2n) is 6.95. The zero-order valence-electron chi connectivity index (χ0n) is 15.3. The van der Waals surface area contributed by atoms with Crippen molar-refractivity contribution in [1.29, 1.82) is 0 Å². The zero-order valence-corrected chi connectivity index (χ0v) is 15.3. The number of hydrogen-bond donors (Lipinski definition) is 1. The Kier molecular flexibility index (Phi) is 4.45. The third-order valence-electron chi connectivity index (χ3n) is 4.34. The molecule has 1 aliphatic heterocycles. The zero-order chi connectivity index (χ0) is 18.2. The molecule has 3 rings (SSSR count). The van der Waals surface area contributed by atoms with Gasteiger partial charge in [0.2, 0.25) is 11.8 Å². The summed E-state index contributed by atoms with van der Waals surface area (Å²) in [5, 5.41) is 7.08. The topological polar surface area (TPSA) is 97.0 Å². The summed E-state index contributed by atoms with van der Waals surface area (Å²) >= 11 is 0. The number of aryl methyl sites for hydroxylation is 2. The van der Waals surface area contributed by atoms with Gasteiger partial charge in [0, 0.05) is 44.6 Å². The Bertz CT molecular complexity index is 787. The first-order valence-electron chi connectivity index (χ1n) is 8.49. The number of carbonyl (C=O) groups excluding carboxylic acids is 1. The molecule has 1 atom stereocenters. The van der Waals surface area contributed by atoms with Crippen LogP contribution in [0.2, 0.25) is 0 Å². The van der Waals surface area contributed by atoms with E-state index < -0.39 is 5.54 Å². The summed E-state index contributed by atoms with van der Waals surface area (Å²) < 4.78 is 5.14. The molecule has 2 aromatic heterocycles. The molecule has 0 aromatic carbocycles. The van der Waals surface area contributed by atoms with E-state index in [0.717, 1.165) is 23.9 Å². The van der Waals surface area contributed by atoms with Crippen LogP contribution in [0.4, 0.5) is 5.82 Å². The van der Waals surface area contributed by atoms with Crippen LogP contribution in [0.5, 0.6) is 0 Å². The fourth-order valence-electron chi connectivity index (χ4n) is 3.17. The molecule has 0 bridgehead atoms. The summed E-state index contributed by atoms with van der Waals surface area (Å²) in [6, 6.07) is 1.97. The van der Waals surface area contributed by atoms with E-state index in [1.165, 1.54) is 6.92 Å². The minimum atomic E-state index is -0.666. The smallest absolute Gasteiger partial charge is 0.223 e. The van der Waals surface area contributed by atoms with E-state index >= 15 is 0 Å². The molecule has 2 aromatic rings. The highest BCUT2D eigenvalue weighted by Gasteiger charge is 2.44. The summed E-state index contributed by atoms with van der Waals surface area (Å²) in [6.45, 7) is 10.6. The Morgan fingerprint density at radius 1 is 1.32 bits per heavy atom. The van der Waals surface area contributed by atoms with E-state index in [0.29, 0.717) is 24.7 Å². The van der Waals surface area contributed by atoms with E-state index in [4.69, 9.17) is 9.51 Å². The summed E-state index contributed by atoms with van der Waals surface area (Å²) in [4.78, 5) is 27.5. The molecule has 3 heterocycles. The normalized spacial score (nSPS) is 20.3. The molecular weight excluding hydrogens is 320 g/mol. The minimum absolute atomic E-state index is 0.119. The monoisotopic (exact) mass is 344 g/mol. The first-order chi connectivity index (χ1) is 11.8. The number of carbonyl (C=O) groups is 1. The van der Waals surface area contributed by atoms with Gasteiger partial charge in [-0.25, -0.2) is 9.97 Å². The molecule has 1 saturated heterocycles. The summed E-state index contributed by atoms with van der Waals surface area (Å²) in [6.07, 6.45) is 0.686. The van der Waals surface area contributed by atoms with Crippen LogP contribution in [0, 0.1) is 13.8 Å². The van der Waals surface area contributed by atoms with E-state index in [2.05, 4.69) is 39.2 Å². The van der Waals surface area contributed by atoms with Crippen molar-refractivity contribution in [2.75, 3.05) is 18.0 Å². The highest BCUT2D eigenvalue weighted by Crippen LogP contribution is 2.33. The molecule has 1 unspecified atom stereocenters. The van der Waals surface area contributed by atoms with Crippen molar-refractivity contribution in [2.45, 2.75) is 52.5 Å². The van der Waals surface area contributed by atoms with Gasteiger partial charge < -0.3 is 14.7 Å². The molecular formula is C17H24N6O2. The lowest BCUT2D eigenvalue weighted by Gasteiger charge is -2.27. The number of hydrogen-bond acceptors (Lipinski definition) is 7. The van der Waals surface area contributed by atoms with Crippen molar-refractivity contribution in [3.63, 3.8) is 0 Å². The van der Waals surface area contributed by atoms with Crippen LogP contribution < -0.4 is 10.2 Å². The Morgan fingerprint density at radius 2 is 2.08 bits per heavy atom. The van der Waals surface area contributed by atoms with Crippen molar-refractivity contribution in [3.05, 3.63) is 29.3 Å². The maximum atomic E-state index is 11.8. The SMILES string of the molecule is CC(=O)NC1(c2noc(C)n2)CCN(c2cc(C)nc(C(C)C)n2)C1. The third kappa shape index (κ3) is 3.47. The lowest BCUT2D eigenvalue weighted by molar-refractivity contribution is -0.120. The van der Waals surface area contributed by atoms with Gasteiger partial charge in [-0.05, 0) is 13.3 Å². The molecule has 1 fully saturated rings. The van der Waals surface area contributed by atoms with Gasteiger partial charge in [-0.15, -0.1) is 0 Å². The number of amides is 1. The Labute approximate surface area is 147 Å². The number of nitrogens with one attached hydrogen (secondary N) is 1. The second kappa shape index (κ2) is 6.42. The van der Waals surface area contributed by atoms with Gasteiger partial charge in [0.15, 0.2) is 5.82 Å². The van der Waals surface area contributed by atoms with Gasteiger partial charge >= 0.3 is 0 Å². The average molecular weight is 344 g/mol. The van der Waals surface area contributed by atoms with Crippen molar-refractivity contribution in [3.8, 4) is 0 Å². The van der Waals surface area contributed by atoms with Crippen molar-refractivity contribution >= 4 is 11.7 Å². The van der Waals surface area contributed by atoms with Gasteiger partial charge in [0.25, 0.3) is 0 Å². The quantitative estimate of drug-likeness (QED) is 0.904. The van der Waals surface area contributed by atoms with Gasteiger partial charge in [0.1, 0.15) is 17.2 Å². The van der Waals surface area contributed by atoms with E-state index in [9.17, 15) is 4.79 Å². The summed E-state index contributed by atoms with van der Waals surface area (Å²) in [5.41, 5.74) is 0.265. The van der Waals surface area contributed by atoms with Crippen molar-refractivity contribution < 1.29 is 9.32 Å². The summed E-state index contributed by atoms with van der Waals surface area (Å²) in [5.74, 6) is 2.81. The van der Waals surface area contributed by atoms with Crippen LogP contribution in [0.3, 0.4) is 0 Å². The molecule has 1 amide bonds. The average Bonchev–Trinajstić information content (AvgIpc) is 3.13. The fourth-order valence-corrected chi connectivity index (χ4v) is 3.17. The number of rotatable bonds is 4. The molecule has 8 heteroatoms. The Morgan fingerprint density at radius 3 is 2.68 bits per heavy atom. The molecule has 25 heavy (non-hydrogen) atoms. The molecule has 8 nitrogen and oxygen atoms in total. The largest absolute Gasteiger partial charge is 0.354 e. The van der Waals surface area contributed by atoms with Crippen LogP contribution in [-0.2, 0) is 10.3 Å². The molecule has 0 radical (unpaired) electrons. The molecule has 0 spiro atoms. The van der Waals surface area contributed by atoms with Gasteiger partial charge in [-0.1, -0.05) is 19.0 Å². The highest BCUT2D eigenvalue weighted by molar-refractivity contribution is 5.74. The number of anilines is 1. The van der Waals surface area contributed by atoms with Crippen LogP contribution in [-0.4, -0.2) is 39.1 Å². The van der Waals surface area contributed by atoms with Crippen LogP contribution >= 0.6 is 0 Å². The molecule has 1 N–H and O–H groups in total. The third-order valence-corrected chi connectivity index (χ3v) is 4.34.